The standard InChI is InChI=1S/C23H16Cl2N4O2/c24-14-9-11-15(12-10-14)26-23(31)29-28-22(30)18-13-21(17-6-1-3-7-19(17)25)27-20-8-4-2-5-16(18)20/h1-13H,(H,28,30)(H2,26,29,31). The Kier molecular flexibility index (Phi) is 6.02. The van der Waals surface area contributed by atoms with Gasteiger partial charge in [-0.2, -0.15) is 0 Å². The van der Waals surface area contributed by atoms with Gasteiger partial charge < -0.3 is 5.32 Å². The molecule has 0 unspecified atom stereocenters. The number of fused-ring (bicyclic) bond motifs is 1. The van der Waals surface area contributed by atoms with Crippen molar-refractivity contribution >= 4 is 51.7 Å². The third-order valence-corrected chi connectivity index (χ3v) is 5.08. The molecule has 0 radical (unpaired) electrons. The number of anilines is 1. The van der Waals surface area contributed by atoms with Crippen molar-refractivity contribution in [2.75, 3.05) is 5.32 Å². The zero-order valence-electron chi connectivity index (χ0n) is 16.0. The second-order valence-corrected chi connectivity index (χ2v) is 7.44. The molecule has 1 heterocycles. The first-order valence-electron chi connectivity index (χ1n) is 9.29. The molecule has 0 atom stereocenters. The highest BCUT2D eigenvalue weighted by Gasteiger charge is 2.15. The van der Waals surface area contributed by atoms with Gasteiger partial charge in [0.25, 0.3) is 5.91 Å². The number of nitrogens with zero attached hydrogens (tertiary/aromatic N) is 1. The number of hydrazine groups is 1. The Hall–Kier alpha value is -3.61. The summed E-state index contributed by atoms with van der Waals surface area (Å²) in [5.74, 6) is -0.488. The van der Waals surface area contributed by atoms with Gasteiger partial charge in [0.1, 0.15) is 0 Å². The largest absolute Gasteiger partial charge is 0.337 e. The van der Waals surface area contributed by atoms with Crippen molar-refractivity contribution in [1.82, 2.24) is 15.8 Å². The van der Waals surface area contributed by atoms with E-state index < -0.39 is 11.9 Å². The van der Waals surface area contributed by atoms with Crippen LogP contribution in [0.25, 0.3) is 22.2 Å². The van der Waals surface area contributed by atoms with E-state index in [2.05, 4.69) is 21.2 Å². The van der Waals surface area contributed by atoms with Gasteiger partial charge in [-0.05, 0) is 42.5 Å². The Balaban J connectivity index is 1.57. The van der Waals surface area contributed by atoms with Crippen LogP contribution in [0.5, 0.6) is 0 Å². The minimum Gasteiger partial charge on any atom is -0.307 e. The summed E-state index contributed by atoms with van der Waals surface area (Å²) in [7, 11) is 0. The highest BCUT2D eigenvalue weighted by molar-refractivity contribution is 6.33. The number of amides is 3. The average molecular weight is 451 g/mol. The molecule has 0 aliphatic rings. The number of pyridine rings is 1. The Morgan fingerprint density at radius 1 is 0.806 bits per heavy atom. The molecular weight excluding hydrogens is 435 g/mol. The molecule has 0 aliphatic heterocycles. The highest BCUT2D eigenvalue weighted by Crippen LogP contribution is 2.29. The Morgan fingerprint density at radius 2 is 1.52 bits per heavy atom. The summed E-state index contributed by atoms with van der Waals surface area (Å²) in [6.07, 6.45) is 0. The number of halogens is 2. The monoisotopic (exact) mass is 450 g/mol. The molecular formula is C23H16Cl2N4O2. The smallest absolute Gasteiger partial charge is 0.307 e. The normalized spacial score (nSPS) is 10.5. The summed E-state index contributed by atoms with van der Waals surface area (Å²) < 4.78 is 0. The van der Waals surface area contributed by atoms with Crippen molar-refractivity contribution in [1.29, 1.82) is 0 Å². The van der Waals surface area contributed by atoms with Gasteiger partial charge in [-0.1, -0.05) is 59.6 Å². The van der Waals surface area contributed by atoms with Crippen LogP contribution in [-0.2, 0) is 0 Å². The maximum Gasteiger partial charge on any atom is 0.337 e. The Labute approximate surface area is 188 Å². The maximum absolute atomic E-state index is 12.9. The van der Waals surface area contributed by atoms with Crippen LogP contribution in [0, 0.1) is 0 Å². The molecule has 3 aromatic carbocycles. The van der Waals surface area contributed by atoms with E-state index in [1.54, 1.807) is 42.5 Å². The van der Waals surface area contributed by atoms with Gasteiger partial charge in [0, 0.05) is 26.7 Å². The van der Waals surface area contributed by atoms with E-state index in [4.69, 9.17) is 23.2 Å². The van der Waals surface area contributed by atoms with E-state index in [9.17, 15) is 9.59 Å². The third-order valence-electron chi connectivity index (χ3n) is 4.50. The fraction of sp³-hybridized carbons (Fsp3) is 0. The summed E-state index contributed by atoms with van der Waals surface area (Å²) in [4.78, 5) is 29.7. The van der Waals surface area contributed by atoms with Crippen molar-refractivity contribution in [3.63, 3.8) is 0 Å². The van der Waals surface area contributed by atoms with Crippen molar-refractivity contribution in [3.05, 3.63) is 94.5 Å². The van der Waals surface area contributed by atoms with Crippen LogP contribution in [0.1, 0.15) is 10.4 Å². The number of hydrogen-bond donors (Lipinski definition) is 3. The molecule has 0 saturated heterocycles. The summed E-state index contributed by atoms with van der Waals surface area (Å²) in [5.41, 5.74) is 7.56. The topological polar surface area (TPSA) is 83.1 Å². The summed E-state index contributed by atoms with van der Waals surface area (Å²) >= 11 is 12.2. The van der Waals surface area contributed by atoms with E-state index in [1.807, 2.05) is 36.4 Å². The minimum atomic E-state index is -0.597. The van der Waals surface area contributed by atoms with E-state index in [-0.39, 0.29) is 0 Å². The number of hydrogen-bond acceptors (Lipinski definition) is 3. The highest BCUT2D eigenvalue weighted by atomic mass is 35.5. The third kappa shape index (κ3) is 4.77. The molecule has 154 valence electrons. The van der Waals surface area contributed by atoms with Crippen LogP contribution in [0.15, 0.2) is 78.9 Å². The van der Waals surface area contributed by atoms with Crippen LogP contribution in [0.4, 0.5) is 10.5 Å². The first-order chi connectivity index (χ1) is 15.0. The fourth-order valence-corrected chi connectivity index (χ4v) is 3.41. The Morgan fingerprint density at radius 3 is 2.29 bits per heavy atom. The summed E-state index contributed by atoms with van der Waals surface area (Å²) in [6, 6.07) is 22.2. The predicted molar refractivity (Wildman–Crippen MR) is 123 cm³/mol. The second kappa shape index (κ2) is 9.04. The van der Waals surface area contributed by atoms with E-state index >= 15 is 0 Å². The lowest BCUT2D eigenvalue weighted by molar-refractivity contribution is 0.0939. The van der Waals surface area contributed by atoms with Gasteiger partial charge in [0.05, 0.1) is 16.8 Å². The van der Waals surface area contributed by atoms with Crippen LogP contribution < -0.4 is 16.2 Å². The SMILES string of the molecule is O=C(NNC(=O)c1cc(-c2ccccc2Cl)nc2ccccc12)Nc1ccc(Cl)cc1. The molecule has 0 saturated carbocycles. The van der Waals surface area contributed by atoms with E-state index in [0.717, 1.165) is 0 Å². The van der Waals surface area contributed by atoms with Crippen LogP contribution >= 0.6 is 23.2 Å². The number of nitrogens with one attached hydrogen (secondary N) is 3. The molecule has 0 bridgehead atoms. The Bertz CT molecular complexity index is 1280. The number of benzene rings is 3. The zero-order chi connectivity index (χ0) is 21.8. The fourth-order valence-electron chi connectivity index (χ4n) is 3.05. The molecule has 6 nitrogen and oxygen atoms in total. The number of carbonyl (C=O) groups excluding carboxylic acids is 2. The first kappa shape index (κ1) is 20.7. The first-order valence-corrected chi connectivity index (χ1v) is 10.0. The summed E-state index contributed by atoms with van der Waals surface area (Å²) in [6.45, 7) is 0. The van der Waals surface area contributed by atoms with Crippen LogP contribution in [-0.4, -0.2) is 16.9 Å². The molecule has 0 fully saturated rings. The van der Waals surface area contributed by atoms with Crippen LogP contribution in [0.2, 0.25) is 10.0 Å². The van der Waals surface area contributed by atoms with Gasteiger partial charge in [-0.15, -0.1) is 0 Å². The summed E-state index contributed by atoms with van der Waals surface area (Å²) in [5, 5.41) is 4.33. The number of urea groups is 1. The van der Waals surface area contributed by atoms with Crippen molar-refractivity contribution in [2.45, 2.75) is 0 Å². The number of para-hydroxylation sites is 1. The lowest BCUT2D eigenvalue weighted by Crippen LogP contribution is -2.44. The van der Waals surface area contributed by atoms with E-state index in [0.29, 0.717) is 43.5 Å². The van der Waals surface area contributed by atoms with Gasteiger partial charge in [0.2, 0.25) is 0 Å². The molecule has 31 heavy (non-hydrogen) atoms. The minimum absolute atomic E-state index is 0.354. The molecule has 3 N–H and O–H groups in total. The number of carbonyl (C=O) groups is 2. The maximum atomic E-state index is 12.9. The molecule has 0 spiro atoms. The lowest BCUT2D eigenvalue weighted by atomic mass is 10.0. The second-order valence-electron chi connectivity index (χ2n) is 6.59. The van der Waals surface area contributed by atoms with Crippen molar-refractivity contribution in [3.8, 4) is 11.3 Å². The lowest BCUT2D eigenvalue weighted by Gasteiger charge is -2.12. The van der Waals surface area contributed by atoms with Gasteiger partial charge in [-0.25, -0.2) is 15.2 Å². The molecule has 0 aliphatic carbocycles. The van der Waals surface area contributed by atoms with Gasteiger partial charge >= 0.3 is 6.03 Å². The van der Waals surface area contributed by atoms with E-state index in [1.165, 1.54) is 0 Å². The molecule has 4 aromatic rings. The predicted octanol–water partition coefficient (Wildman–Crippen LogP) is 5.68. The quantitative estimate of drug-likeness (QED) is 0.351. The number of aromatic nitrogens is 1. The molecule has 4 rings (SSSR count). The van der Waals surface area contributed by atoms with Crippen LogP contribution in [0.3, 0.4) is 0 Å². The average Bonchev–Trinajstić information content (AvgIpc) is 2.78. The van der Waals surface area contributed by atoms with Gasteiger partial charge in [0.15, 0.2) is 0 Å². The van der Waals surface area contributed by atoms with Crippen molar-refractivity contribution in [2.24, 2.45) is 0 Å². The van der Waals surface area contributed by atoms with Crippen molar-refractivity contribution < 1.29 is 9.59 Å². The molecule has 3 amide bonds. The zero-order valence-corrected chi connectivity index (χ0v) is 17.5. The van der Waals surface area contributed by atoms with Gasteiger partial charge in [-0.3, -0.25) is 10.2 Å². The number of rotatable bonds is 3. The molecule has 1 aromatic heterocycles. The molecule has 8 heteroatoms.